The van der Waals surface area contributed by atoms with Crippen molar-refractivity contribution >= 4 is 43.2 Å². The molecule has 0 saturated carbocycles. The van der Waals surface area contributed by atoms with Gasteiger partial charge >= 0.3 is 0 Å². The van der Waals surface area contributed by atoms with Crippen molar-refractivity contribution in [3.8, 4) is 0 Å². The molecule has 2 heterocycles. The number of halogens is 1. The molecule has 1 unspecified atom stereocenters. The number of ether oxygens (including phenoxy) is 1. The van der Waals surface area contributed by atoms with E-state index in [9.17, 15) is 13.2 Å². The zero-order chi connectivity index (χ0) is 14.2. The van der Waals surface area contributed by atoms with E-state index in [0.29, 0.717) is 4.88 Å². The van der Waals surface area contributed by atoms with Gasteiger partial charge in [0, 0.05) is 11.4 Å². The predicted octanol–water partition coefficient (Wildman–Crippen LogP) is 0.694. The summed E-state index contributed by atoms with van der Waals surface area (Å²) in [6.45, 7) is 2.11. The molecule has 0 spiro atoms. The second-order valence-electron chi connectivity index (χ2n) is 4.08. The second kappa shape index (κ2) is 5.49. The molecule has 9 heteroatoms. The first-order valence-electron chi connectivity index (χ1n) is 5.49. The molecule has 106 valence electrons. The van der Waals surface area contributed by atoms with Crippen LogP contribution in [0.3, 0.4) is 0 Å². The summed E-state index contributed by atoms with van der Waals surface area (Å²) in [5.41, 5.74) is 5.24. The summed E-state index contributed by atoms with van der Waals surface area (Å²) in [5, 5.41) is 0. The first-order chi connectivity index (χ1) is 8.84. The van der Waals surface area contributed by atoms with Crippen LogP contribution in [-0.2, 0) is 19.6 Å². The number of thiophene rings is 1. The van der Waals surface area contributed by atoms with Gasteiger partial charge in [0.2, 0.25) is 15.9 Å². The number of nitrogens with two attached hydrogens (primary N) is 1. The van der Waals surface area contributed by atoms with E-state index in [2.05, 4.69) is 15.9 Å². The zero-order valence-corrected chi connectivity index (χ0v) is 13.3. The van der Waals surface area contributed by atoms with E-state index < -0.39 is 22.0 Å². The van der Waals surface area contributed by atoms with Gasteiger partial charge in [0.05, 0.1) is 21.9 Å². The Bertz CT molecular complexity index is 599. The third kappa shape index (κ3) is 2.84. The number of aryl methyl sites for hydroxylation is 1. The van der Waals surface area contributed by atoms with Crippen LogP contribution in [0.5, 0.6) is 0 Å². The van der Waals surface area contributed by atoms with Crippen molar-refractivity contribution in [1.29, 1.82) is 0 Å². The highest BCUT2D eigenvalue weighted by Gasteiger charge is 2.38. The lowest BCUT2D eigenvalue weighted by Crippen LogP contribution is -2.54. The molecule has 1 aromatic rings. The number of sulfonamides is 1. The summed E-state index contributed by atoms with van der Waals surface area (Å²) in [6.07, 6.45) is 0. The molecule has 2 N–H and O–H groups in total. The second-order valence-corrected chi connectivity index (χ2v) is 8.57. The van der Waals surface area contributed by atoms with Crippen LogP contribution in [0.4, 0.5) is 0 Å². The van der Waals surface area contributed by atoms with Crippen LogP contribution in [0.15, 0.2) is 14.7 Å². The van der Waals surface area contributed by atoms with E-state index in [1.54, 1.807) is 13.0 Å². The Morgan fingerprint density at radius 2 is 2.32 bits per heavy atom. The highest BCUT2D eigenvalue weighted by atomic mass is 79.9. The number of hydrogen-bond acceptors (Lipinski definition) is 5. The Morgan fingerprint density at radius 3 is 2.84 bits per heavy atom. The Balaban J connectivity index is 2.43. The number of rotatable bonds is 3. The minimum Gasteiger partial charge on any atom is -0.378 e. The number of carbonyl (C=O) groups is 1. The monoisotopic (exact) mass is 368 g/mol. The molecule has 1 aliphatic heterocycles. The SMILES string of the molecule is Cc1sc(Br)cc1S(=O)(=O)N1CCOCC1C(N)=O. The van der Waals surface area contributed by atoms with Crippen LogP contribution in [0.1, 0.15) is 4.88 Å². The Morgan fingerprint density at radius 1 is 1.63 bits per heavy atom. The molecular formula is C10H13BrN2O4S2. The minimum absolute atomic E-state index is 0.00107. The van der Waals surface area contributed by atoms with Crippen molar-refractivity contribution in [2.24, 2.45) is 5.73 Å². The van der Waals surface area contributed by atoms with Gasteiger partial charge in [-0.15, -0.1) is 11.3 Å². The van der Waals surface area contributed by atoms with Gasteiger partial charge in [-0.3, -0.25) is 4.79 Å². The fourth-order valence-corrected chi connectivity index (χ4v) is 5.86. The van der Waals surface area contributed by atoms with E-state index in [-0.39, 0.29) is 24.7 Å². The summed E-state index contributed by atoms with van der Waals surface area (Å²) >= 11 is 4.60. The molecule has 1 amide bonds. The van der Waals surface area contributed by atoms with Crippen molar-refractivity contribution in [3.05, 3.63) is 14.7 Å². The summed E-state index contributed by atoms with van der Waals surface area (Å²) in [6, 6.07) is 0.597. The largest absolute Gasteiger partial charge is 0.378 e. The molecule has 0 aliphatic carbocycles. The van der Waals surface area contributed by atoms with Gasteiger partial charge < -0.3 is 10.5 Å². The highest BCUT2D eigenvalue weighted by Crippen LogP contribution is 2.32. The first-order valence-corrected chi connectivity index (χ1v) is 8.54. The minimum atomic E-state index is -3.73. The van der Waals surface area contributed by atoms with Crippen molar-refractivity contribution in [3.63, 3.8) is 0 Å². The summed E-state index contributed by atoms with van der Waals surface area (Å²) < 4.78 is 32.2. The Kier molecular flexibility index (Phi) is 4.31. The molecule has 1 saturated heterocycles. The van der Waals surface area contributed by atoms with Gasteiger partial charge in [-0.25, -0.2) is 8.42 Å². The van der Waals surface area contributed by atoms with Gasteiger partial charge in [0.15, 0.2) is 0 Å². The highest BCUT2D eigenvalue weighted by molar-refractivity contribution is 9.11. The predicted molar refractivity (Wildman–Crippen MR) is 74.4 cm³/mol. The number of morpholine rings is 1. The molecular weight excluding hydrogens is 356 g/mol. The standard InChI is InChI=1S/C10H13BrN2O4S2/c1-6-8(4-9(11)18-6)19(15,16)13-2-3-17-5-7(13)10(12)14/h4,7H,2-3,5H2,1H3,(H2,12,14). The smallest absolute Gasteiger partial charge is 0.245 e. The van der Waals surface area contributed by atoms with Crippen molar-refractivity contribution < 1.29 is 17.9 Å². The quantitative estimate of drug-likeness (QED) is 0.849. The summed E-state index contributed by atoms with van der Waals surface area (Å²) in [4.78, 5) is 12.2. The normalized spacial score (nSPS) is 21.5. The third-order valence-corrected chi connectivity index (χ3v) is 6.55. The Labute approximate surface area is 123 Å². The summed E-state index contributed by atoms with van der Waals surface area (Å²) in [5.74, 6) is -0.699. The van der Waals surface area contributed by atoms with E-state index in [0.717, 1.165) is 8.09 Å². The summed E-state index contributed by atoms with van der Waals surface area (Å²) in [7, 11) is -3.73. The lowest BCUT2D eigenvalue weighted by atomic mass is 10.3. The molecule has 1 fully saturated rings. The van der Waals surface area contributed by atoms with Crippen LogP contribution in [0.25, 0.3) is 0 Å². The van der Waals surface area contributed by atoms with E-state index in [4.69, 9.17) is 10.5 Å². The maximum atomic E-state index is 12.6. The number of primary amides is 1. The fraction of sp³-hybridized carbons (Fsp3) is 0.500. The van der Waals surface area contributed by atoms with Crippen LogP contribution < -0.4 is 5.73 Å². The van der Waals surface area contributed by atoms with Gasteiger partial charge in [0.25, 0.3) is 0 Å². The van der Waals surface area contributed by atoms with Crippen LogP contribution in [0.2, 0.25) is 0 Å². The van der Waals surface area contributed by atoms with Crippen LogP contribution in [-0.4, -0.2) is 44.4 Å². The van der Waals surface area contributed by atoms with Crippen molar-refractivity contribution in [2.75, 3.05) is 19.8 Å². The number of nitrogens with zero attached hydrogens (tertiary/aromatic N) is 1. The molecule has 1 atom stereocenters. The number of hydrogen-bond donors (Lipinski definition) is 1. The van der Waals surface area contributed by atoms with Gasteiger partial charge in [-0.1, -0.05) is 0 Å². The average molecular weight is 369 g/mol. The lowest BCUT2D eigenvalue weighted by Gasteiger charge is -2.32. The van der Waals surface area contributed by atoms with E-state index in [1.165, 1.54) is 11.3 Å². The topological polar surface area (TPSA) is 89.7 Å². The first kappa shape index (κ1) is 14.9. The molecule has 0 aromatic carbocycles. The van der Waals surface area contributed by atoms with Crippen LogP contribution >= 0.6 is 27.3 Å². The molecule has 1 aliphatic rings. The molecule has 0 radical (unpaired) electrons. The van der Waals surface area contributed by atoms with Crippen molar-refractivity contribution in [1.82, 2.24) is 4.31 Å². The molecule has 1 aromatic heterocycles. The van der Waals surface area contributed by atoms with Gasteiger partial charge in [-0.2, -0.15) is 4.31 Å². The molecule has 0 bridgehead atoms. The molecule has 2 rings (SSSR count). The van der Waals surface area contributed by atoms with E-state index in [1.807, 2.05) is 0 Å². The Hall–Kier alpha value is -0.480. The molecule has 6 nitrogen and oxygen atoms in total. The van der Waals surface area contributed by atoms with Crippen molar-refractivity contribution in [2.45, 2.75) is 17.9 Å². The van der Waals surface area contributed by atoms with Gasteiger partial charge in [0.1, 0.15) is 6.04 Å². The maximum absolute atomic E-state index is 12.6. The maximum Gasteiger partial charge on any atom is 0.245 e. The zero-order valence-electron chi connectivity index (χ0n) is 10.1. The number of carbonyl (C=O) groups excluding carboxylic acids is 1. The van der Waals surface area contributed by atoms with E-state index >= 15 is 0 Å². The third-order valence-electron chi connectivity index (χ3n) is 2.84. The number of amides is 1. The lowest BCUT2D eigenvalue weighted by molar-refractivity contribution is -0.125. The molecule has 19 heavy (non-hydrogen) atoms. The van der Waals surface area contributed by atoms with Crippen LogP contribution in [0, 0.1) is 6.92 Å². The average Bonchev–Trinajstić information content (AvgIpc) is 2.69. The van der Waals surface area contributed by atoms with Gasteiger partial charge in [-0.05, 0) is 28.9 Å². The fourth-order valence-electron chi connectivity index (χ4n) is 1.91.